The Bertz CT molecular complexity index is 317. The molecule has 0 fully saturated rings. The molecule has 114 valence electrons. The fourth-order valence-corrected chi connectivity index (χ4v) is 13.0. The van der Waals surface area contributed by atoms with Gasteiger partial charge in [-0.3, -0.25) is 0 Å². The zero-order valence-corrected chi connectivity index (χ0v) is 15.1. The van der Waals surface area contributed by atoms with Crippen molar-refractivity contribution in [2.75, 3.05) is 0 Å². The number of hydrogen-bond donors (Lipinski definition) is 1. The van der Waals surface area contributed by atoms with E-state index < -0.39 is 38.0 Å². The Morgan fingerprint density at radius 3 is 1.95 bits per heavy atom. The lowest BCUT2D eigenvalue weighted by atomic mass is 10.5. The van der Waals surface area contributed by atoms with E-state index in [4.69, 9.17) is 8.23 Å². The van der Waals surface area contributed by atoms with Crippen LogP contribution in [0.3, 0.4) is 0 Å². The van der Waals surface area contributed by atoms with E-state index in [0.717, 1.165) is 0 Å². The van der Waals surface area contributed by atoms with E-state index in [0.29, 0.717) is 0 Å². The highest BCUT2D eigenvalue weighted by atomic mass is 28.5. The quantitative estimate of drug-likeness (QED) is 0.723. The third kappa shape index (κ3) is 9.57. The van der Waals surface area contributed by atoms with Crippen LogP contribution in [0.2, 0.25) is 38.8 Å². The third-order valence-corrected chi connectivity index (χ3v) is 12.3. The van der Waals surface area contributed by atoms with Gasteiger partial charge in [-0.15, -0.1) is 6.58 Å². The van der Waals surface area contributed by atoms with Crippen molar-refractivity contribution in [1.29, 1.82) is 0 Å². The Morgan fingerprint density at radius 2 is 1.58 bits per heavy atom. The monoisotopic (exact) mass is 332 g/mol. The van der Waals surface area contributed by atoms with Gasteiger partial charge in [-0.1, -0.05) is 5.70 Å². The predicted octanol–water partition coefficient (Wildman–Crippen LogP) is 3.67. The van der Waals surface area contributed by atoms with Crippen LogP contribution in [0, 0.1) is 0 Å². The maximum Gasteiger partial charge on any atom is 0.389 e. The molecule has 0 spiro atoms. The minimum atomic E-state index is -4.28. The second kappa shape index (κ2) is 6.22. The predicted molar refractivity (Wildman–Crippen MR) is 76.6 cm³/mol. The summed E-state index contributed by atoms with van der Waals surface area (Å²) in [6, 6.07) is -0.369. The number of hydrogen-bond acceptors (Lipinski definition) is 3. The molecule has 0 bridgehead atoms. The first-order valence-corrected chi connectivity index (χ1v) is 14.4. The first-order valence-electron chi connectivity index (χ1n) is 6.01. The van der Waals surface area contributed by atoms with Crippen LogP contribution >= 0.6 is 0 Å². The molecule has 0 aromatic heterocycles. The minimum Gasteiger partial charge on any atom is -0.433 e. The van der Waals surface area contributed by atoms with Crippen LogP contribution in [0.25, 0.3) is 0 Å². The molecule has 0 aromatic rings. The molecular formula is C10H23F3O3Si3. The normalized spacial score (nSPS) is 17.1. The SMILES string of the molecule is C=C[Si](C)(C)O[Si](C)(C)O[Si](C)(O)CCC(F)(F)F. The van der Waals surface area contributed by atoms with Gasteiger partial charge in [0.05, 0.1) is 0 Å². The largest absolute Gasteiger partial charge is 0.433 e. The van der Waals surface area contributed by atoms with E-state index in [1.807, 2.05) is 13.1 Å². The van der Waals surface area contributed by atoms with Crippen molar-refractivity contribution in [2.45, 2.75) is 51.4 Å². The van der Waals surface area contributed by atoms with Crippen LogP contribution in [0.15, 0.2) is 12.3 Å². The van der Waals surface area contributed by atoms with E-state index in [1.54, 1.807) is 18.8 Å². The zero-order valence-electron chi connectivity index (χ0n) is 12.1. The van der Waals surface area contributed by atoms with Gasteiger partial charge >= 0.3 is 23.3 Å². The highest BCUT2D eigenvalue weighted by Gasteiger charge is 2.42. The fourth-order valence-electron chi connectivity index (χ4n) is 1.65. The summed E-state index contributed by atoms with van der Waals surface area (Å²) in [6.45, 7) is 12.4. The molecule has 0 aromatic carbocycles. The van der Waals surface area contributed by atoms with Crippen molar-refractivity contribution in [3.05, 3.63) is 12.3 Å². The Hall–Kier alpha value is 0.0606. The summed E-state index contributed by atoms with van der Waals surface area (Å²) in [6.07, 6.45) is -5.30. The lowest BCUT2D eigenvalue weighted by molar-refractivity contribution is -0.131. The molecule has 1 atom stereocenters. The molecule has 19 heavy (non-hydrogen) atoms. The molecular weight excluding hydrogens is 309 g/mol. The summed E-state index contributed by atoms with van der Waals surface area (Å²) >= 11 is 0. The maximum absolute atomic E-state index is 12.2. The minimum absolute atomic E-state index is 0.369. The van der Waals surface area contributed by atoms with Gasteiger partial charge in [0.15, 0.2) is 8.32 Å². The highest BCUT2D eigenvalue weighted by molar-refractivity contribution is 6.88. The van der Waals surface area contributed by atoms with Gasteiger partial charge in [0.1, 0.15) is 0 Å². The maximum atomic E-state index is 12.2. The molecule has 0 rings (SSSR count). The summed E-state index contributed by atoms with van der Waals surface area (Å²) < 4.78 is 48.0. The van der Waals surface area contributed by atoms with Gasteiger partial charge in [0.25, 0.3) is 0 Å². The second-order valence-electron chi connectivity index (χ2n) is 5.70. The highest BCUT2D eigenvalue weighted by Crippen LogP contribution is 2.28. The van der Waals surface area contributed by atoms with Crippen LogP contribution in [-0.2, 0) is 8.23 Å². The molecule has 9 heteroatoms. The summed E-state index contributed by atoms with van der Waals surface area (Å²) in [7, 11) is -8.10. The van der Waals surface area contributed by atoms with Crippen LogP contribution < -0.4 is 0 Å². The molecule has 0 heterocycles. The van der Waals surface area contributed by atoms with Gasteiger partial charge in [0.2, 0.25) is 0 Å². The molecule has 0 aliphatic heterocycles. The van der Waals surface area contributed by atoms with Crippen LogP contribution in [0.1, 0.15) is 6.42 Å². The van der Waals surface area contributed by atoms with Gasteiger partial charge in [-0.25, -0.2) is 0 Å². The second-order valence-corrected chi connectivity index (χ2v) is 16.6. The third-order valence-electron chi connectivity index (χ3n) is 2.34. The average molecular weight is 333 g/mol. The van der Waals surface area contributed by atoms with Crippen molar-refractivity contribution >= 4 is 25.4 Å². The lowest BCUT2D eigenvalue weighted by Crippen LogP contribution is -2.53. The summed E-state index contributed by atoms with van der Waals surface area (Å²) in [5, 5.41) is 0. The first-order chi connectivity index (χ1) is 8.18. The van der Waals surface area contributed by atoms with Gasteiger partial charge in [-0.05, 0) is 38.8 Å². The molecule has 1 N–H and O–H groups in total. The van der Waals surface area contributed by atoms with Gasteiger partial charge < -0.3 is 13.0 Å². The topological polar surface area (TPSA) is 38.7 Å². The molecule has 0 amide bonds. The lowest BCUT2D eigenvalue weighted by Gasteiger charge is -2.36. The van der Waals surface area contributed by atoms with Crippen LogP contribution in [-0.4, -0.2) is 36.4 Å². The molecule has 1 unspecified atom stereocenters. The van der Waals surface area contributed by atoms with E-state index in [-0.39, 0.29) is 6.04 Å². The van der Waals surface area contributed by atoms with Gasteiger partial charge in [-0.2, -0.15) is 13.2 Å². The smallest absolute Gasteiger partial charge is 0.389 e. The van der Waals surface area contributed by atoms with Crippen molar-refractivity contribution in [3.63, 3.8) is 0 Å². The standard InChI is InChI=1S/C10H23F3O3Si3/c1-7-17(2,3)15-18(4,5)16-19(6,14)9-8-10(11,12)13/h7,14H,1,8-9H2,2-6H3. The Balaban J connectivity index is 4.58. The molecule has 0 aliphatic rings. The molecule has 3 nitrogen and oxygen atoms in total. The van der Waals surface area contributed by atoms with Crippen LogP contribution in [0.5, 0.6) is 0 Å². The summed E-state index contributed by atoms with van der Waals surface area (Å²) in [5.41, 5.74) is 1.73. The van der Waals surface area contributed by atoms with E-state index in [1.165, 1.54) is 6.55 Å². The number of halogens is 3. The van der Waals surface area contributed by atoms with Crippen molar-refractivity contribution < 1.29 is 26.2 Å². The van der Waals surface area contributed by atoms with Gasteiger partial charge in [0, 0.05) is 6.42 Å². The zero-order chi connectivity index (χ0) is 15.5. The molecule has 0 saturated heterocycles. The molecule has 0 saturated carbocycles. The molecule has 0 radical (unpaired) electrons. The Morgan fingerprint density at radius 1 is 1.11 bits per heavy atom. The Kier molecular flexibility index (Phi) is 6.24. The van der Waals surface area contributed by atoms with Crippen molar-refractivity contribution in [2.24, 2.45) is 0 Å². The summed E-state index contributed by atoms with van der Waals surface area (Å²) in [5.74, 6) is 0. The summed E-state index contributed by atoms with van der Waals surface area (Å²) in [4.78, 5) is 10.0. The van der Waals surface area contributed by atoms with Crippen molar-refractivity contribution in [3.8, 4) is 0 Å². The fraction of sp³-hybridized carbons (Fsp3) is 0.800. The number of rotatable bonds is 7. The average Bonchev–Trinajstić information content (AvgIpc) is 2.10. The van der Waals surface area contributed by atoms with Crippen LogP contribution in [0.4, 0.5) is 13.2 Å². The van der Waals surface area contributed by atoms with E-state index in [9.17, 15) is 18.0 Å². The van der Waals surface area contributed by atoms with E-state index in [2.05, 4.69) is 6.58 Å². The van der Waals surface area contributed by atoms with Crippen molar-refractivity contribution in [1.82, 2.24) is 0 Å². The first kappa shape index (κ1) is 19.1. The molecule has 0 aliphatic carbocycles. The Labute approximate surface area is 116 Å². The number of alkyl halides is 3. The van der Waals surface area contributed by atoms with E-state index >= 15 is 0 Å².